The van der Waals surface area contributed by atoms with Gasteiger partial charge in [0, 0.05) is 37.8 Å². The summed E-state index contributed by atoms with van der Waals surface area (Å²) in [6.45, 7) is 4.09. The zero-order valence-corrected chi connectivity index (χ0v) is 13.9. The Morgan fingerprint density at radius 2 is 2.00 bits per heavy atom. The first-order valence-electron chi connectivity index (χ1n) is 8.18. The van der Waals surface area contributed by atoms with Crippen molar-refractivity contribution in [1.29, 1.82) is 0 Å². The molecule has 0 saturated heterocycles. The minimum Gasteiger partial charge on any atom is -0.382 e. The van der Waals surface area contributed by atoms with Crippen LogP contribution in [0, 0.1) is 0 Å². The number of aryl methyl sites for hydroxylation is 1. The van der Waals surface area contributed by atoms with Crippen molar-refractivity contribution in [1.82, 2.24) is 15.1 Å². The van der Waals surface area contributed by atoms with Gasteiger partial charge in [0.1, 0.15) is 0 Å². The SMILES string of the molecule is CCOCCCNC(=O)CCn1nc(-c2ccccc2)ccc1=O. The van der Waals surface area contributed by atoms with Crippen LogP contribution in [0.1, 0.15) is 19.8 Å². The number of nitrogens with one attached hydrogen (secondary N) is 1. The summed E-state index contributed by atoms with van der Waals surface area (Å²) >= 11 is 0. The zero-order chi connectivity index (χ0) is 17.2. The van der Waals surface area contributed by atoms with Crippen molar-refractivity contribution in [3.8, 4) is 11.3 Å². The van der Waals surface area contributed by atoms with E-state index in [1.807, 2.05) is 37.3 Å². The van der Waals surface area contributed by atoms with E-state index in [-0.39, 0.29) is 24.4 Å². The normalized spacial score (nSPS) is 10.5. The van der Waals surface area contributed by atoms with Crippen LogP contribution in [-0.2, 0) is 16.1 Å². The lowest BCUT2D eigenvalue weighted by molar-refractivity contribution is -0.121. The Labute approximate surface area is 141 Å². The molecule has 6 heteroatoms. The maximum Gasteiger partial charge on any atom is 0.266 e. The predicted octanol–water partition coefficient (Wildman–Crippen LogP) is 1.84. The van der Waals surface area contributed by atoms with Crippen molar-refractivity contribution in [3.05, 3.63) is 52.8 Å². The minimum atomic E-state index is -0.209. The molecular weight excluding hydrogens is 306 g/mol. The molecule has 0 spiro atoms. The summed E-state index contributed by atoms with van der Waals surface area (Å²) in [4.78, 5) is 23.7. The van der Waals surface area contributed by atoms with Gasteiger partial charge in [0.05, 0.1) is 12.2 Å². The molecule has 0 saturated carbocycles. The molecule has 0 fully saturated rings. The first kappa shape index (κ1) is 17.9. The summed E-state index contributed by atoms with van der Waals surface area (Å²) in [7, 11) is 0. The molecule has 128 valence electrons. The van der Waals surface area contributed by atoms with Gasteiger partial charge in [0.15, 0.2) is 0 Å². The number of hydrogen-bond donors (Lipinski definition) is 1. The van der Waals surface area contributed by atoms with Gasteiger partial charge in [-0.1, -0.05) is 30.3 Å². The van der Waals surface area contributed by atoms with E-state index in [9.17, 15) is 9.59 Å². The van der Waals surface area contributed by atoms with E-state index in [0.717, 1.165) is 12.0 Å². The Kier molecular flexibility index (Phi) is 7.17. The van der Waals surface area contributed by atoms with Crippen molar-refractivity contribution < 1.29 is 9.53 Å². The molecule has 1 aromatic heterocycles. The second-order valence-electron chi connectivity index (χ2n) is 5.30. The fourth-order valence-corrected chi connectivity index (χ4v) is 2.21. The van der Waals surface area contributed by atoms with Crippen LogP contribution in [0.25, 0.3) is 11.3 Å². The van der Waals surface area contributed by atoms with Gasteiger partial charge in [0.25, 0.3) is 5.56 Å². The largest absolute Gasteiger partial charge is 0.382 e. The molecule has 1 heterocycles. The first-order valence-corrected chi connectivity index (χ1v) is 8.18. The number of carbonyl (C=O) groups is 1. The molecule has 0 aliphatic carbocycles. The topological polar surface area (TPSA) is 73.2 Å². The Bertz CT molecular complexity index is 698. The van der Waals surface area contributed by atoms with Crippen LogP contribution in [-0.4, -0.2) is 35.4 Å². The number of carbonyl (C=O) groups excluding carboxylic acids is 1. The van der Waals surface area contributed by atoms with Crippen LogP contribution in [0.4, 0.5) is 0 Å². The molecular formula is C18H23N3O3. The van der Waals surface area contributed by atoms with Crippen molar-refractivity contribution in [2.45, 2.75) is 26.3 Å². The van der Waals surface area contributed by atoms with Gasteiger partial charge in [-0.05, 0) is 19.4 Å². The Morgan fingerprint density at radius 3 is 2.75 bits per heavy atom. The predicted molar refractivity (Wildman–Crippen MR) is 92.7 cm³/mol. The Balaban J connectivity index is 1.88. The third kappa shape index (κ3) is 5.62. The molecule has 0 radical (unpaired) electrons. The molecule has 6 nitrogen and oxygen atoms in total. The van der Waals surface area contributed by atoms with Crippen LogP contribution >= 0.6 is 0 Å². The molecule has 1 aromatic carbocycles. The maximum absolute atomic E-state index is 11.9. The average Bonchev–Trinajstić information content (AvgIpc) is 2.61. The van der Waals surface area contributed by atoms with E-state index in [1.54, 1.807) is 6.07 Å². The number of benzene rings is 1. The van der Waals surface area contributed by atoms with Gasteiger partial charge in [-0.2, -0.15) is 5.10 Å². The molecule has 0 unspecified atom stereocenters. The summed E-state index contributed by atoms with van der Waals surface area (Å²) < 4.78 is 6.54. The molecule has 1 N–H and O–H groups in total. The highest BCUT2D eigenvalue weighted by Crippen LogP contribution is 2.13. The van der Waals surface area contributed by atoms with E-state index in [2.05, 4.69) is 10.4 Å². The fourth-order valence-electron chi connectivity index (χ4n) is 2.21. The highest BCUT2D eigenvalue weighted by molar-refractivity contribution is 5.75. The van der Waals surface area contributed by atoms with Crippen LogP contribution in [0.2, 0.25) is 0 Å². The zero-order valence-electron chi connectivity index (χ0n) is 13.9. The van der Waals surface area contributed by atoms with Gasteiger partial charge in [-0.15, -0.1) is 0 Å². The molecule has 0 atom stereocenters. The van der Waals surface area contributed by atoms with E-state index in [1.165, 1.54) is 10.7 Å². The van der Waals surface area contributed by atoms with Crippen LogP contribution in [0.3, 0.4) is 0 Å². The summed E-state index contributed by atoms with van der Waals surface area (Å²) in [5.41, 5.74) is 1.44. The van der Waals surface area contributed by atoms with E-state index < -0.39 is 0 Å². The van der Waals surface area contributed by atoms with Crippen molar-refractivity contribution >= 4 is 5.91 Å². The smallest absolute Gasteiger partial charge is 0.266 e. The quantitative estimate of drug-likeness (QED) is 0.713. The van der Waals surface area contributed by atoms with Gasteiger partial charge in [-0.3, -0.25) is 9.59 Å². The highest BCUT2D eigenvalue weighted by Gasteiger charge is 2.06. The van der Waals surface area contributed by atoms with E-state index in [4.69, 9.17) is 4.74 Å². The lowest BCUT2D eigenvalue weighted by Crippen LogP contribution is -2.29. The van der Waals surface area contributed by atoms with Crippen molar-refractivity contribution in [3.63, 3.8) is 0 Å². The molecule has 2 rings (SSSR count). The van der Waals surface area contributed by atoms with Gasteiger partial charge in [0.2, 0.25) is 5.91 Å². The third-order valence-corrected chi connectivity index (χ3v) is 3.48. The van der Waals surface area contributed by atoms with Crippen LogP contribution in [0.5, 0.6) is 0 Å². The molecule has 0 aliphatic rings. The number of nitrogens with zero attached hydrogens (tertiary/aromatic N) is 2. The number of rotatable bonds is 9. The number of amides is 1. The third-order valence-electron chi connectivity index (χ3n) is 3.48. The second-order valence-corrected chi connectivity index (χ2v) is 5.30. The van der Waals surface area contributed by atoms with Gasteiger partial charge in [-0.25, -0.2) is 4.68 Å². The molecule has 0 bridgehead atoms. The highest BCUT2D eigenvalue weighted by atomic mass is 16.5. The lowest BCUT2D eigenvalue weighted by atomic mass is 10.1. The van der Waals surface area contributed by atoms with Crippen LogP contribution < -0.4 is 10.9 Å². The Morgan fingerprint density at radius 1 is 1.21 bits per heavy atom. The second kappa shape index (κ2) is 9.62. The standard InChI is InChI=1S/C18H23N3O3/c1-2-24-14-6-12-19-17(22)11-13-21-18(23)10-9-16(20-21)15-7-4-3-5-8-15/h3-5,7-10H,2,6,11-14H2,1H3,(H,19,22). The van der Waals surface area contributed by atoms with Crippen molar-refractivity contribution in [2.24, 2.45) is 0 Å². The molecule has 24 heavy (non-hydrogen) atoms. The summed E-state index contributed by atoms with van der Waals surface area (Å²) in [6.07, 6.45) is 1.00. The summed E-state index contributed by atoms with van der Waals surface area (Å²) in [5, 5.41) is 7.15. The fraction of sp³-hybridized carbons (Fsp3) is 0.389. The first-order chi connectivity index (χ1) is 11.7. The maximum atomic E-state index is 11.9. The van der Waals surface area contributed by atoms with E-state index in [0.29, 0.717) is 25.5 Å². The van der Waals surface area contributed by atoms with Gasteiger partial charge < -0.3 is 10.1 Å². The monoisotopic (exact) mass is 329 g/mol. The average molecular weight is 329 g/mol. The lowest BCUT2D eigenvalue weighted by Gasteiger charge is -2.08. The Hall–Kier alpha value is -2.47. The molecule has 1 amide bonds. The summed E-state index contributed by atoms with van der Waals surface area (Å²) in [5.74, 6) is -0.0923. The van der Waals surface area contributed by atoms with Crippen LogP contribution in [0.15, 0.2) is 47.3 Å². The molecule has 0 aliphatic heterocycles. The van der Waals surface area contributed by atoms with Crippen molar-refractivity contribution in [2.75, 3.05) is 19.8 Å². The van der Waals surface area contributed by atoms with E-state index >= 15 is 0 Å². The number of hydrogen-bond acceptors (Lipinski definition) is 4. The van der Waals surface area contributed by atoms with Gasteiger partial charge >= 0.3 is 0 Å². The summed E-state index contributed by atoms with van der Waals surface area (Å²) in [6, 6.07) is 12.8. The molecule has 2 aromatic rings. The number of aromatic nitrogens is 2. The number of ether oxygens (including phenoxy) is 1. The minimum absolute atomic E-state index is 0.0923.